The Morgan fingerprint density at radius 3 is 2.88 bits per heavy atom. The zero-order valence-corrected chi connectivity index (χ0v) is 11.7. The number of ether oxygens (including phenoxy) is 1. The molecule has 0 saturated heterocycles. The average Bonchev–Trinajstić information content (AvgIpc) is 2.65. The number of H-pyrrole nitrogens is 1. The summed E-state index contributed by atoms with van der Waals surface area (Å²) in [5, 5.41) is 0. The zero-order valence-electron chi connectivity index (χ0n) is 10.7. The van der Waals surface area contributed by atoms with Gasteiger partial charge in [0, 0.05) is 20.9 Å². The highest BCUT2D eigenvalue weighted by molar-refractivity contribution is 6.76. The maximum absolute atomic E-state index is 5.65. The third kappa shape index (κ3) is 3.64. The molecule has 0 radical (unpaired) electrons. The lowest BCUT2D eigenvalue weighted by atomic mass is 10.4. The molecule has 0 aliphatic rings. The van der Waals surface area contributed by atoms with Crippen LogP contribution in [0.5, 0.6) is 0 Å². The first-order valence-electron chi connectivity index (χ1n) is 5.91. The minimum Gasteiger partial charge on any atom is -0.374 e. The lowest BCUT2D eigenvalue weighted by Gasteiger charge is -2.14. The molecule has 17 heavy (non-hydrogen) atoms. The Labute approximate surface area is 102 Å². The van der Waals surface area contributed by atoms with Gasteiger partial charge in [-0.3, -0.25) is 4.98 Å². The molecule has 0 spiro atoms. The number of aromatic nitrogens is 3. The fraction of sp³-hybridized carbons (Fsp3) is 0.500. The Balaban J connectivity index is 1.87. The summed E-state index contributed by atoms with van der Waals surface area (Å²) in [7, 11) is -0.993. The second-order valence-corrected chi connectivity index (χ2v) is 11.1. The highest BCUT2D eigenvalue weighted by Crippen LogP contribution is 2.11. The van der Waals surface area contributed by atoms with Crippen molar-refractivity contribution in [3.63, 3.8) is 0 Å². The minimum absolute atomic E-state index is 0.555. The first kappa shape index (κ1) is 12.3. The maximum Gasteiger partial charge on any atom is 0.133 e. The van der Waals surface area contributed by atoms with E-state index in [9.17, 15) is 0 Å². The van der Waals surface area contributed by atoms with E-state index in [0.29, 0.717) is 6.61 Å². The van der Waals surface area contributed by atoms with Crippen molar-refractivity contribution in [3.8, 4) is 0 Å². The van der Waals surface area contributed by atoms with Gasteiger partial charge in [0.2, 0.25) is 0 Å². The fourth-order valence-corrected chi connectivity index (χ4v) is 2.28. The summed E-state index contributed by atoms with van der Waals surface area (Å²) in [6.45, 7) is 8.43. The molecule has 0 bridgehead atoms. The topological polar surface area (TPSA) is 50.8 Å². The van der Waals surface area contributed by atoms with Gasteiger partial charge in [0.05, 0.1) is 11.7 Å². The van der Waals surface area contributed by atoms with Gasteiger partial charge < -0.3 is 9.72 Å². The molecule has 2 aromatic rings. The van der Waals surface area contributed by atoms with Crippen LogP contribution in [0.1, 0.15) is 5.82 Å². The van der Waals surface area contributed by atoms with Gasteiger partial charge >= 0.3 is 0 Å². The van der Waals surface area contributed by atoms with E-state index in [1.54, 1.807) is 12.4 Å². The zero-order chi connectivity index (χ0) is 12.3. The van der Waals surface area contributed by atoms with Gasteiger partial charge in [0.15, 0.2) is 0 Å². The normalized spacial score (nSPS) is 12.2. The Bertz CT molecular complexity index is 457. The highest BCUT2D eigenvalue weighted by Gasteiger charge is 2.12. The molecule has 0 unspecified atom stereocenters. The summed E-state index contributed by atoms with van der Waals surface area (Å²) in [5.74, 6) is 0.878. The third-order valence-corrected chi connectivity index (χ3v) is 4.27. The second kappa shape index (κ2) is 4.97. The molecule has 5 heteroatoms. The van der Waals surface area contributed by atoms with E-state index >= 15 is 0 Å². The number of hydrogen-bond donors (Lipinski definition) is 1. The molecule has 4 nitrogen and oxygen atoms in total. The van der Waals surface area contributed by atoms with Crippen molar-refractivity contribution in [2.24, 2.45) is 0 Å². The molecular formula is C12H19N3OSi. The largest absolute Gasteiger partial charge is 0.374 e. The summed E-state index contributed by atoms with van der Waals surface area (Å²) < 4.78 is 5.65. The first-order valence-corrected chi connectivity index (χ1v) is 9.62. The van der Waals surface area contributed by atoms with Gasteiger partial charge in [0.1, 0.15) is 17.9 Å². The number of pyridine rings is 1. The summed E-state index contributed by atoms with van der Waals surface area (Å²) in [4.78, 5) is 11.7. The van der Waals surface area contributed by atoms with Crippen LogP contribution in [-0.2, 0) is 11.3 Å². The number of aromatic amines is 1. The first-order chi connectivity index (χ1) is 8.04. The summed E-state index contributed by atoms with van der Waals surface area (Å²) >= 11 is 0. The van der Waals surface area contributed by atoms with E-state index in [0.717, 1.165) is 23.5 Å². The van der Waals surface area contributed by atoms with Crippen LogP contribution in [-0.4, -0.2) is 29.6 Å². The molecule has 2 aromatic heterocycles. The highest BCUT2D eigenvalue weighted by atomic mass is 28.3. The van der Waals surface area contributed by atoms with Crippen LogP contribution in [0.4, 0.5) is 0 Å². The lowest BCUT2D eigenvalue weighted by Crippen LogP contribution is -2.21. The van der Waals surface area contributed by atoms with Crippen LogP contribution in [0.25, 0.3) is 11.0 Å². The average molecular weight is 249 g/mol. The van der Waals surface area contributed by atoms with Crippen molar-refractivity contribution in [2.45, 2.75) is 32.3 Å². The summed E-state index contributed by atoms with van der Waals surface area (Å²) in [6, 6.07) is 3.11. The number of fused-ring (bicyclic) bond motifs is 1. The van der Waals surface area contributed by atoms with Crippen molar-refractivity contribution in [2.75, 3.05) is 6.61 Å². The molecule has 0 fully saturated rings. The van der Waals surface area contributed by atoms with Crippen LogP contribution in [0.3, 0.4) is 0 Å². The van der Waals surface area contributed by atoms with Crippen LogP contribution in [0.15, 0.2) is 18.5 Å². The fourth-order valence-electron chi connectivity index (χ4n) is 1.53. The van der Waals surface area contributed by atoms with Crippen LogP contribution < -0.4 is 0 Å². The molecule has 92 valence electrons. The Morgan fingerprint density at radius 2 is 2.18 bits per heavy atom. The second-order valence-electron chi connectivity index (χ2n) is 5.44. The standard InChI is InChI=1S/C12H19N3OSi/c1-17(2,3)7-6-16-9-12-14-10-4-5-13-8-11(10)15-12/h4-5,8H,6-7,9H2,1-3H3,(H,14,15). The molecule has 0 amide bonds. The van der Waals surface area contributed by atoms with Crippen molar-refractivity contribution in [3.05, 3.63) is 24.3 Å². The molecule has 2 rings (SSSR count). The number of rotatable bonds is 5. The predicted octanol–water partition coefficient (Wildman–Crippen LogP) is 2.81. The van der Waals surface area contributed by atoms with E-state index in [-0.39, 0.29) is 0 Å². The molecule has 2 heterocycles. The summed E-state index contributed by atoms with van der Waals surface area (Å²) in [6.07, 6.45) is 3.52. The maximum atomic E-state index is 5.65. The number of imidazole rings is 1. The molecule has 0 aromatic carbocycles. The monoisotopic (exact) mass is 249 g/mol. The van der Waals surface area contributed by atoms with Crippen molar-refractivity contribution < 1.29 is 4.74 Å². The van der Waals surface area contributed by atoms with E-state index < -0.39 is 8.07 Å². The van der Waals surface area contributed by atoms with E-state index in [4.69, 9.17) is 4.74 Å². The number of nitrogens with one attached hydrogen (secondary N) is 1. The molecule has 0 saturated carbocycles. The van der Waals surface area contributed by atoms with Gasteiger partial charge in [-0.15, -0.1) is 0 Å². The van der Waals surface area contributed by atoms with Gasteiger partial charge in [0.25, 0.3) is 0 Å². The van der Waals surface area contributed by atoms with Crippen molar-refractivity contribution >= 4 is 19.1 Å². The predicted molar refractivity (Wildman–Crippen MR) is 71.7 cm³/mol. The third-order valence-electron chi connectivity index (χ3n) is 2.57. The quantitative estimate of drug-likeness (QED) is 0.655. The van der Waals surface area contributed by atoms with Gasteiger partial charge in [-0.2, -0.15) is 0 Å². The number of hydrogen-bond acceptors (Lipinski definition) is 3. The van der Waals surface area contributed by atoms with Crippen LogP contribution in [0, 0.1) is 0 Å². The van der Waals surface area contributed by atoms with E-state index in [1.165, 1.54) is 6.04 Å². The van der Waals surface area contributed by atoms with Crippen molar-refractivity contribution in [1.29, 1.82) is 0 Å². The van der Waals surface area contributed by atoms with Crippen LogP contribution >= 0.6 is 0 Å². The molecule has 1 N–H and O–H groups in total. The Hall–Kier alpha value is -1.20. The van der Waals surface area contributed by atoms with E-state index in [1.807, 2.05) is 6.07 Å². The van der Waals surface area contributed by atoms with Crippen LogP contribution in [0.2, 0.25) is 25.7 Å². The SMILES string of the molecule is C[Si](C)(C)CCOCc1nc2cnccc2[nH]1. The summed E-state index contributed by atoms with van der Waals surface area (Å²) in [5.41, 5.74) is 1.92. The molecule has 0 atom stereocenters. The van der Waals surface area contributed by atoms with Gasteiger partial charge in [-0.25, -0.2) is 4.98 Å². The number of nitrogens with zero attached hydrogens (tertiary/aromatic N) is 2. The van der Waals surface area contributed by atoms with Crippen molar-refractivity contribution in [1.82, 2.24) is 15.0 Å². The van der Waals surface area contributed by atoms with E-state index in [2.05, 4.69) is 34.6 Å². The Morgan fingerprint density at radius 1 is 1.35 bits per heavy atom. The van der Waals surface area contributed by atoms with Gasteiger partial charge in [-0.05, 0) is 12.1 Å². The molecular weight excluding hydrogens is 230 g/mol. The molecule has 0 aliphatic carbocycles. The molecule has 0 aliphatic heterocycles. The minimum atomic E-state index is -0.993. The van der Waals surface area contributed by atoms with Gasteiger partial charge in [-0.1, -0.05) is 19.6 Å². The lowest BCUT2D eigenvalue weighted by molar-refractivity contribution is 0.128. The smallest absolute Gasteiger partial charge is 0.133 e. The Kier molecular flexibility index (Phi) is 3.59.